The van der Waals surface area contributed by atoms with Crippen LogP contribution in [0, 0.1) is 11.3 Å². The summed E-state index contributed by atoms with van der Waals surface area (Å²) in [6.45, 7) is 5.53. The minimum atomic E-state index is -0.158. The molecule has 0 spiro atoms. The van der Waals surface area contributed by atoms with Gasteiger partial charge in [0, 0.05) is 25.1 Å². The summed E-state index contributed by atoms with van der Waals surface area (Å²) in [7, 11) is 0. The molecule has 1 aliphatic heterocycles. The average molecular weight is 476 g/mol. The van der Waals surface area contributed by atoms with E-state index >= 15 is 0 Å². The van der Waals surface area contributed by atoms with Crippen LogP contribution in [0.1, 0.15) is 48.5 Å². The van der Waals surface area contributed by atoms with Crippen LogP contribution in [0.4, 0.5) is 0 Å². The van der Waals surface area contributed by atoms with Gasteiger partial charge in [-0.15, -0.1) is 0 Å². The molecule has 0 bridgehead atoms. The van der Waals surface area contributed by atoms with E-state index in [1.54, 1.807) is 0 Å². The Kier molecular flexibility index (Phi) is 6.69. The van der Waals surface area contributed by atoms with Gasteiger partial charge >= 0.3 is 0 Å². The van der Waals surface area contributed by atoms with Crippen LogP contribution in [0.3, 0.4) is 0 Å². The summed E-state index contributed by atoms with van der Waals surface area (Å²) in [4.78, 5) is 17.8. The van der Waals surface area contributed by atoms with Crippen molar-refractivity contribution in [3.63, 3.8) is 0 Å². The van der Waals surface area contributed by atoms with Crippen LogP contribution >= 0.6 is 0 Å². The van der Waals surface area contributed by atoms with Gasteiger partial charge in [-0.3, -0.25) is 4.79 Å². The van der Waals surface area contributed by atoms with Crippen LogP contribution in [-0.2, 0) is 25.8 Å². The van der Waals surface area contributed by atoms with Crippen molar-refractivity contribution in [2.24, 2.45) is 0 Å². The molecule has 0 saturated carbocycles. The Labute approximate surface area is 211 Å². The maximum Gasteiger partial charge on any atom is 0.281 e. The molecule has 1 aliphatic rings. The lowest BCUT2D eigenvalue weighted by Gasteiger charge is -2.21. The maximum absolute atomic E-state index is 13.3. The molecule has 0 aliphatic carbocycles. The van der Waals surface area contributed by atoms with Gasteiger partial charge in [0.1, 0.15) is 11.6 Å². The average Bonchev–Trinajstić information content (AvgIpc) is 3.38. The molecule has 0 atom stereocenters. The number of rotatable bonds is 7. The molecule has 180 valence electrons. The summed E-state index contributed by atoms with van der Waals surface area (Å²) in [5.41, 5.74) is 7.33. The summed E-state index contributed by atoms with van der Waals surface area (Å²) in [6.07, 6.45) is 3.25. The highest BCUT2D eigenvalue weighted by molar-refractivity contribution is 5.71. The van der Waals surface area contributed by atoms with Gasteiger partial charge in [0.25, 0.3) is 5.56 Å². The Morgan fingerprint density at radius 1 is 1.03 bits per heavy atom. The Morgan fingerprint density at radius 3 is 2.56 bits per heavy atom. The van der Waals surface area contributed by atoms with Gasteiger partial charge in [-0.05, 0) is 58.9 Å². The van der Waals surface area contributed by atoms with E-state index in [0.717, 1.165) is 70.8 Å². The quantitative estimate of drug-likeness (QED) is 0.331. The molecule has 5 rings (SSSR count). The minimum absolute atomic E-state index is 0.158. The van der Waals surface area contributed by atoms with E-state index in [4.69, 9.17) is 4.74 Å². The lowest BCUT2D eigenvalue weighted by atomic mass is 9.98. The molecule has 0 fully saturated rings. The fourth-order valence-electron chi connectivity index (χ4n) is 5.05. The fraction of sp³-hybridized carbons (Fsp3) is 0.258. The van der Waals surface area contributed by atoms with Crippen molar-refractivity contribution >= 4 is 0 Å². The van der Waals surface area contributed by atoms with E-state index < -0.39 is 0 Å². The van der Waals surface area contributed by atoms with E-state index in [1.165, 1.54) is 0 Å². The summed E-state index contributed by atoms with van der Waals surface area (Å²) in [5, 5.41) is 9.47. The summed E-state index contributed by atoms with van der Waals surface area (Å²) in [5.74, 6) is 1.73. The Bertz CT molecular complexity index is 1510. The number of nitriles is 1. The Balaban J connectivity index is 1.56. The number of aryl methyl sites for hydroxylation is 1. The van der Waals surface area contributed by atoms with E-state index in [0.29, 0.717) is 24.3 Å². The van der Waals surface area contributed by atoms with E-state index in [1.807, 2.05) is 36.4 Å². The Hall–Kier alpha value is -4.17. The molecule has 0 unspecified atom stereocenters. The van der Waals surface area contributed by atoms with Crippen molar-refractivity contribution in [2.45, 2.75) is 46.1 Å². The van der Waals surface area contributed by atoms with Crippen LogP contribution in [0.2, 0.25) is 0 Å². The largest absolute Gasteiger partial charge is 0.493 e. The monoisotopic (exact) mass is 475 g/mol. The second kappa shape index (κ2) is 10.2. The lowest BCUT2D eigenvalue weighted by Crippen LogP contribution is -2.24. The van der Waals surface area contributed by atoms with E-state index in [-0.39, 0.29) is 5.56 Å². The molecular weight excluding hydrogens is 446 g/mol. The summed E-state index contributed by atoms with van der Waals surface area (Å²) >= 11 is 0. The zero-order chi connectivity index (χ0) is 25.1. The molecule has 0 N–H and O–H groups in total. The van der Waals surface area contributed by atoms with Crippen LogP contribution < -0.4 is 10.3 Å². The molecule has 0 amide bonds. The predicted molar refractivity (Wildman–Crippen MR) is 142 cm³/mol. The first-order valence-corrected chi connectivity index (χ1v) is 12.6. The highest BCUT2D eigenvalue weighted by atomic mass is 16.5. The third-order valence-corrected chi connectivity index (χ3v) is 6.81. The van der Waals surface area contributed by atoms with E-state index in [9.17, 15) is 10.1 Å². The molecular formula is C31H29N3O2. The predicted octanol–water partition coefficient (Wildman–Crippen LogP) is 5.95. The zero-order valence-electron chi connectivity index (χ0n) is 20.8. The molecule has 1 aromatic heterocycles. The van der Waals surface area contributed by atoms with Gasteiger partial charge in [-0.1, -0.05) is 62.4 Å². The molecule has 36 heavy (non-hydrogen) atoms. The molecule has 5 heteroatoms. The number of benzene rings is 3. The Morgan fingerprint density at radius 2 is 1.81 bits per heavy atom. The van der Waals surface area contributed by atoms with Crippen molar-refractivity contribution in [3.8, 4) is 34.1 Å². The first-order chi connectivity index (χ1) is 17.6. The number of hydrogen-bond acceptors (Lipinski definition) is 4. The number of hydrogen-bond donors (Lipinski definition) is 0. The van der Waals surface area contributed by atoms with Crippen LogP contribution in [0.25, 0.3) is 22.3 Å². The highest BCUT2D eigenvalue weighted by Gasteiger charge is 2.20. The molecule has 3 aromatic carbocycles. The molecule has 2 heterocycles. The first kappa shape index (κ1) is 23.6. The topological polar surface area (TPSA) is 67.9 Å². The molecule has 0 radical (unpaired) electrons. The second-order valence-corrected chi connectivity index (χ2v) is 9.12. The maximum atomic E-state index is 13.3. The standard InChI is InChI=1S/C31H29N3O2/c1-3-7-29-33-31(35)30(24-14-15-28-23(18-24)16-17-36-28)27(4-2)34(29)20-21-10-12-22(13-11-21)26-9-6-5-8-25(26)19-32/h5-6,8-15,18H,3-4,7,16-17,20H2,1-2H3. The number of aromatic nitrogens is 2. The lowest BCUT2D eigenvalue weighted by molar-refractivity contribution is 0.357. The van der Waals surface area contributed by atoms with Gasteiger partial charge in [0.2, 0.25) is 0 Å². The minimum Gasteiger partial charge on any atom is -0.493 e. The molecule has 0 saturated heterocycles. The second-order valence-electron chi connectivity index (χ2n) is 9.12. The van der Waals surface area contributed by atoms with Crippen LogP contribution in [-0.4, -0.2) is 16.2 Å². The van der Waals surface area contributed by atoms with E-state index in [2.05, 4.69) is 59.8 Å². The van der Waals surface area contributed by atoms with Crippen molar-refractivity contribution in [3.05, 3.63) is 105 Å². The highest BCUT2D eigenvalue weighted by Crippen LogP contribution is 2.31. The van der Waals surface area contributed by atoms with Crippen molar-refractivity contribution in [1.29, 1.82) is 5.26 Å². The SMILES string of the molecule is CCCc1nc(=O)c(-c2ccc3c(c2)CCO3)c(CC)n1Cc1ccc(-c2ccccc2C#N)cc1. The van der Waals surface area contributed by atoms with Crippen LogP contribution in [0.15, 0.2) is 71.5 Å². The van der Waals surface area contributed by atoms with Gasteiger partial charge in [0.05, 0.1) is 23.8 Å². The smallest absolute Gasteiger partial charge is 0.281 e. The third kappa shape index (κ3) is 4.43. The zero-order valence-corrected chi connectivity index (χ0v) is 20.8. The number of ether oxygens (including phenoxy) is 1. The van der Waals surface area contributed by atoms with Crippen molar-refractivity contribution in [1.82, 2.24) is 9.55 Å². The normalized spacial score (nSPS) is 12.1. The van der Waals surface area contributed by atoms with Crippen molar-refractivity contribution < 1.29 is 4.74 Å². The van der Waals surface area contributed by atoms with Crippen LogP contribution in [0.5, 0.6) is 5.75 Å². The summed E-state index contributed by atoms with van der Waals surface area (Å²) in [6, 6.07) is 24.3. The number of nitrogens with zero attached hydrogens (tertiary/aromatic N) is 3. The van der Waals surface area contributed by atoms with Gasteiger partial charge < -0.3 is 9.30 Å². The van der Waals surface area contributed by atoms with Crippen molar-refractivity contribution in [2.75, 3.05) is 6.61 Å². The van der Waals surface area contributed by atoms with Gasteiger partial charge in [-0.25, -0.2) is 0 Å². The molecule has 4 aromatic rings. The number of fused-ring (bicyclic) bond motifs is 1. The summed E-state index contributed by atoms with van der Waals surface area (Å²) < 4.78 is 7.89. The third-order valence-electron chi connectivity index (χ3n) is 6.81. The first-order valence-electron chi connectivity index (χ1n) is 12.6. The fourth-order valence-corrected chi connectivity index (χ4v) is 5.05. The van der Waals surface area contributed by atoms with Gasteiger partial charge in [0.15, 0.2) is 0 Å². The van der Waals surface area contributed by atoms with Gasteiger partial charge in [-0.2, -0.15) is 10.2 Å². The molecule has 5 nitrogen and oxygen atoms in total.